The lowest BCUT2D eigenvalue weighted by molar-refractivity contribution is 0.416. The first kappa shape index (κ1) is 14.9. The molecule has 1 fully saturated rings. The number of hydrogen-bond acceptors (Lipinski definition) is 0. The van der Waals surface area contributed by atoms with E-state index in [9.17, 15) is 0 Å². The van der Waals surface area contributed by atoms with Gasteiger partial charge in [-0.05, 0) is 56.9 Å². The van der Waals surface area contributed by atoms with Crippen molar-refractivity contribution in [2.24, 2.45) is 0 Å². The van der Waals surface area contributed by atoms with Gasteiger partial charge in [-0.15, -0.1) is 0 Å². The van der Waals surface area contributed by atoms with Crippen LogP contribution in [0.4, 0.5) is 0 Å². The monoisotopic (exact) mass is 293 g/mol. The van der Waals surface area contributed by atoms with E-state index in [1.54, 1.807) is 0 Å². The van der Waals surface area contributed by atoms with Crippen molar-refractivity contribution in [2.75, 3.05) is 0 Å². The molecule has 0 spiro atoms. The minimum atomic E-state index is -1.86. The van der Waals surface area contributed by atoms with E-state index in [1.807, 2.05) is 0 Å². The van der Waals surface area contributed by atoms with Gasteiger partial charge in [-0.25, -0.2) is 0 Å². The molecule has 1 aliphatic rings. The van der Waals surface area contributed by atoms with Crippen molar-refractivity contribution in [3.05, 3.63) is 60.7 Å². The molecule has 0 unspecified atom stereocenters. The Morgan fingerprint density at radius 2 is 1.19 bits per heavy atom. The molecule has 106 valence electrons. The second kappa shape index (κ2) is 5.97. The van der Waals surface area contributed by atoms with E-state index < -0.39 is 7.14 Å². The van der Waals surface area contributed by atoms with Crippen molar-refractivity contribution < 1.29 is 0 Å². The summed E-state index contributed by atoms with van der Waals surface area (Å²) in [5.41, 5.74) is 0. The third-order valence-corrected chi connectivity index (χ3v) is 9.48. The molecule has 0 atom stereocenters. The topological polar surface area (TPSA) is 0 Å². The number of benzene rings is 2. The SMILES string of the molecule is [B][P+](c1ccccc1)(c1ccccc1)C1(C)CCCCC1. The Morgan fingerprint density at radius 1 is 0.762 bits per heavy atom. The molecule has 21 heavy (non-hydrogen) atoms. The van der Waals surface area contributed by atoms with Crippen LogP contribution in [0, 0.1) is 0 Å². The van der Waals surface area contributed by atoms with Crippen LogP contribution in [0.1, 0.15) is 39.0 Å². The zero-order valence-electron chi connectivity index (χ0n) is 12.8. The average molecular weight is 293 g/mol. The van der Waals surface area contributed by atoms with Crippen LogP contribution < -0.4 is 10.6 Å². The van der Waals surface area contributed by atoms with Crippen LogP contribution in [-0.4, -0.2) is 12.7 Å². The Morgan fingerprint density at radius 3 is 1.62 bits per heavy atom. The largest absolute Gasteiger partial charge is 0.377 e. The smallest absolute Gasteiger partial charge is 0.0620 e. The van der Waals surface area contributed by atoms with Crippen molar-refractivity contribution in [1.82, 2.24) is 0 Å². The van der Waals surface area contributed by atoms with E-state index in [0.29, 0.717) is 0 Å². The number of hydrogen-bond donors (Lipinski definition) is 0. The zero-order valence-corrected chi connectivity index (χ0v) is 13.7. The van der Waals surface area contributed by atoms with Gasteiger partial charge >= 0.3 is 7.57 Å². The van der Waals surface area contributed by atoms with E-state index in [-0.39, 0.29) is 5.16 Å². The van der Waals surface area contributed by atoms with E-state index in [4.69, 9.17) is 7.57 Å². The molecule has 1 saturated carbocycles. The molecule has 3 rings (SSSR count). The molecular weight excluding hydrogens is 270 g/mol. The highest BCUT2D eigenvalue weighted by Gasteiger charge is 2.54. The molecule has 2 radical (unpaired) electrons. The summed E-state index contributed by atoms with van der Waals surface area (Å²) >= 11 is 0. The van der Waals surface area contributed by atoms with E-state index in [0.717, 1.165) is 0 Å². The molecule has 0 amide bonds. The summed E-state index contributed by atoms with van der Waals surface area (Å²) in [6.07, 6.45) is 6.49. The Hall–Kier alpha value is -1.07. The van der Waals surface area contributed by atoms with Gasteiger partial charge in [-0.1, -0.05) is 42.8 Å². The highest BCUT2D eigenvalue weighted by atomic mass is 31.2. The second-order valence-electron chi connectivity index (χ2n) is 6.45. The number of rotatable bonds is 3. The van der Waals surface area contributed by atoms with Gasteiger partial charge in [0.1, 0.15) is 0 Å². The summed E-state index contributed by atoms with van der Waals surface area (Å²) in [5, 5.41) is 2.93. The molecule has 0 aliphatic heterocycles. The fourth-order valence-corrected chi connectivity index (χ4v) is 7.62. The van der Waals surface area contributed by atoms with E-state index >= 15 is 0 Å². The van der Waals surface area contributed by atoms with Gasteiger partial charge in [0.2, 0.25) is 0 Å². The molecule has 0 bridgehead atoms. The Balaban J connectivity index is 2.15. The van der Waals surface area contributed by atoms with Crippen LogP contribution in [0.5, 0.6) is 0 Å². The summed E-state index contributed by atoms with van der Waals surface area (Å²) < 4.78 is 0. The second-order valence-corrected chi connectivity index (χ2v) is 10.0. The first-order chi connectivity index (χ1) is 10.2. The van der Waals surface area contributed by atoms with Crippen molar-refractivity contribution in [1.29, 1.82) is 0 Å². The van der Waals surface area contributed by atoms with E-state index in [2.05, 4.69) is 67.6 Å². The lowest BCUT2D eigenvalue weighted by atomic mass is 9.90. The van der Waals surface area contributed by atoms with Crippen molar-refractivity contribution in [3.8, 4) is 0 Å². The van der Waals surface area contributed by atoms with Crippen molar-refractivity contribution in [2.45, 2.75) is 44.2 Å². The Labute approximate surface area is 130 Å². The Kier molecular flexibility index (Phi) is 4.22. The minimum Gasteiger partial charge on any atom is -0.0620 e. The van der Waals surface area contributed by atoms with Gasteiger partial charge in [0.25, 0.3) is 0 Å². The minimum absolute atomic E-state index is 0.230. The standard InChI is InChI=1S/C19H23BP/c1-19(15-9-4-10-16-19)21(20,17-11-5-2-6-12-17)18-13-7-3-8-14-18/h2-3,5-8,11-14H,4,9-10,15-16H2,1H3/q+1. The van der Waals surface area contributed by atoms with Gasteiger partial charge in [0, 0.05) is 7.14 Å². The van der Waals surface area contributed by atoms with Crippen LogP contribution in [0.3, 0.4) is 0 Å². The van der Waals surface area contributed by atoms with Crippen LogP contribution >= 0.6 is 7.14 Å². The third-order valence-electron chi connectivity index (χ3n) is 5.11. The van der Waals surface area contributed by atoms with Gasteiger partial charge in [0.15, 0.2) is 0 Å². The predicted molar refractivity (Wildman–Crippen MR) is 96.3 cm³/mol. The normalized spacial score (nSPS) is 18.3. The quantitative estimate of drug-likeness (QED) is 0.579. The lowest BCUT2D eigenvalue weighted by Crippen LogP contribution is -2.41. The molecule has 0 saturated heterocycles. The summed E-state index contributed by atoms with van der Waals surface area (Å²) in [6.45, 7) is 2.43. The molecule has 0 aromatic heterocycles. The molecule has 2 aromatic rings. The van der Waals surface area contributed by atoms with Crippen LogP contribution in [0.25, 0.3) is 0 Å². The summed E-state index contributed by atoms with van der Waals surface area (Å²) in [4.78, 5) is 0. The molecule has 0 heterocycles. The third kappa shape index (κ3) is 2.57. The van der Waals surface area contributed by atoms with Gasteiger partial charge < -0.3 is 0 Å². The maximum absolute atomic E-state index is 7.26. The highest BCUT2D eigenvalue weighted by Crippen LogP contribution is 2.67. The molecule has 2 heteroatoms. The van der Waals surface area contributed by atoms with Gasteiger partial charge in [0.05, 0.1) is 15.8 Å². The maximum atomic E-state index is 7.26. The van der Waals surface area contributed by atoms with Crippen LogP contribution in [0.2, 0.25) is 0 Å². The molecule has 0 nitrogen and oxygen atoms in total. The highest BCUT2D eigenvalue weighted by molar-refractivity contribution is 8.09. The molecular formula is C19H23BP+. The average Bonchev–Trinajstić information content (AvgIpc) is 2.56. The molecule has 0 N–H and O–H groups in total. The fourth-order valence-electron chi connectivity index (χ4n) is 3.76. The first-order valence-electron chi connectivity index (χ1n) is 7.96. The maximum Gasteiger partial charge on any atom is 0.377 e. The lowest BCUT2D eigenvalue weighted by Gasteiger charge is -2.43. The predicted octanol–water partition coefficient (Wildman–Crippen LogP) is 4.46. The Bertz CT molecular complexity index is 534. The first-order valence-corrected chi connectivity index (χ1v) is 9.82. The van der Waals surface area contributed by atoms with Gasteiger partial charge in [-0.2, -0.15) is 0 Å². The van der Waals surface area contributed by atoms with Crippen LogP contribution in [0.15, 0.2) is 60.7 Å². The molecule has 2 aromatic carbocycles. The van der Waals surface area contributed by atoms with Gasteiger partial charge in [-0.3, -0.25) is 0 Å². The summed E-state index contributed by atoms with van der Waals surface area (Å²) in [7, 11) is 5.40. The van der Waals surface area contributed by atoms with E-state index in [1.165, 1.54) is 42.7 Å². The summed E-state index contributed by atoms with van der Waals surface area (Å²) in [6, 6.07) is 21.6. The summed E-state index contributed by atoms with van der Waals surface area (Å²) in [5.74, 6) is 0. The van der Waals surface area contributed by atoms with Crippen molar-refractivity contribution in [3.63, 3.8) is 0 Å². The fraction of sp³-hybridized carbons (Fsp3) is 0.368. The molecule has 1 aliphatic carbocycles. The van der Waals surface area contributed by atoms with Crippen molar-refractivity contribution >= 4 is 25.3 Å². The zero-order chi connectivity index (χ0) is 14.8. The van der Waals surface area contributed by atoms with Crippen LogP contribution in [-0.2, 0) is 0 Å².